The first-order valence-electron chi connectivity index (χ1n) is 9.10. The number of allylic oxidation sites excluding steroid dienone is 2. The summed E-state index contributed by atoms with van der Waals surface area (Å²) in [5.74, 6) is 3.31. The zero-order valence-corrected chi connectivity index (χ0v) is 14.3. The van der Waals surface area contributed by atoms with Crippen molar-refractivity contribution >= 4 is 5.78 Å². The van der Waals surface area contributed by atoms with E-state index < -0.39 is 0 Å². The summed E-state index contributed by atoms with van der Waals surface area (Å²) in [6.07, 6.45) is 14.9. The van der Waals surface area contributed by atoms with Crippen molar-refractivity contribution < 1.29 is 27.0 Å². The molecule has 5 saturated carbocycles. The summed E-state index contributed by atoms with van der Waals surface area (Å²) in [6, 6.07) is 0. The number of aliphatic hydroxyl groups is 1. The number of carbonyl (C=O) groups excluding carboxylic acids is 1. The van der Waals surface area contributed by atoms with E-state index in [4.69, 9.17) is 0 Å². The van der Waals surface area contributed by atoms with E-state index in [1.54, 1.807) is 6.08 Å². The Morgan fingerprint density at radius 1 is 0.909 bits per heavy atom. The van der Waals surface area contributed by atoms with Gasteiger partial charge in [-0.1, -0.05) is 19.3 Å². The second kappa shape index (κ2) is 6.32. The maximum atomic E-state index is 12.5. The fourth-order valence-corrected chi connectivity index (χ4v) is 6.22. The Balaban J connectivity index is 0.00000144. The standard InChI is InChI=1S/C19H28O2.Cu/c20-17(16-4-2-1-3-5-16)9-18(21)19-10-13-6-14(11-19)8-15(7-13)12-19;/h9,13-16,21H,1-8,10-12H2;/b18-9-;. The van der Waals surface area contributed by atoms with Crippen molar-refractivity contribution in [3.63, 3.8) is 0 Å². The molecule has 5 fully saturated rings. The van der Waals surface area contributed by atoms with Crippen LogP contribution in [-0.2, 0) is 21.9 Å². The number of hydrogen-bond donors (Lipinski definition) is 1. The molecular weight excluding hydrogens is 324 g/mol. The van der Waals surface area contributed by atoms with Crippen molar-refractivity contribution in [2.45, 2.75) is 70.6 Å². The topological polar surface area (TPSA) is 37.3 Å². The smallest absolute Gasteiger partial charge is 0.162 e. The minimum atomic E-state index is -0.0148. The first-order chi connectivity index (χ1) is 10.1. The maximum absolute atomic E-state index is 12.5. The number of ketones is 1. The minimum absolute atomic E-state index is 0. The normalized spacial score (nSPS) is 41.3. The molecule has 5 aliphatic rings. The monoisotopic (exact) mass is 351 g/mol. The molecule has 4 bridgehead atoms. The van der Waals surface area contributed by atoms with Crippen LogP contribution in [0.25, 0.3) is 0 Å². The molecule has 0 amide bonds. The fourth-order valence-electron chi connectivity index (χ4n) is 6.22. The first kappa shape index (κ1) is 16.6. The Kier molecular flexibility index (Phi) is 4.76. The third-order valence-electron chi connectivity index (χ3n) is 6.87. The van der Waals surface area contributed by atoms with Crippen molar-refractivity contribution in [3.05, 3.63) is 11.8 Å². The summed E-state index contributed by atoms with van der Waals surface area (Å²) in [6.45, 7) is 0. The van der Waals surface area contributed by atoms with Crippen LogP contribution in [0.4, 0.5) is 0 Å². The van der Waals surface area contributed by atoms with Gasteiger partial charge in [0.1, 0.15) is 5.76 Å². The van der Waals surface area contributed by atoms with Crippen LogP contribution in [0.2, 0.25) is 0 Å². The van der Waals surface area contributed by atoms with Gasteiger partial charge in [-0.05, 0) is 69.1 Å². The van der Waals surface area contributed by atoms with Crippen molar-refractivity contribution in [3.8, 4) is 0 Å². The molecule has 2 nitrogen and oxygen atoms in total. The SMILES string of the molecule is O=C(/C=C(\O)C12CC3CC(CC(C3)C1)C2)C1CCCCC1.[Cu]. The van der Waals surface area contributed by atoms with E-state index in [0.717, 1.165) is 49.9 Å². The van der Waals surface area contributed by atoms with Crippen LogP contribution in [0.15, 0.2) is 11.8 Å². The van der Waals surface area contributed by atoms with Gasteiger partial charge in [0.05, 0.1) is 0 Å². The third kappa shape index (κ3) is 2.91. The molecule has 0 unspecified atom stereocenters. The Labute approximate surface area is 144 Å². The van der Waals surface area contributed by atoms with Gasteiger partial charge >= 0.3 is 0 Å². The summed E-state index contributed by atoms with van der Waals surface area (Å²) < 4.78 is 0. The molecule has 127 valence electrons. The second-order valence-corrected chi connectivity index (χ2v) is 8.46. The molecule has 0 atom stereocenters. The van der Waals surface area contributed by atoms with Crippen LogP contribution in [-0.4, -0.2) is 10.9 Å². The average Bonchev–Trinajstić information content (AvgIpc) is 2.46. The van der Waals surface area contributed by atoms with Gasteiger partial charge in [-0.3, -0.25) is 4.79 Å². The summed E-state index contributed by atoms with van der Waals surface area (Å²) in [5, 5.41) is 10.8. The van der Waals surface area contributed by atoms with Gasteiger partial charge in [-0.2, -0.15) is 0 Å². The molecule has 3 heteroatoms. The molecule has 22 heavy (non-hydrogen) atoms. The van der Waals surface area contributed by atoms with E-state index in [1.165, 1.54) is 38.5 Å². The second-order valence-electron chi connectivity index (χ2n) is 8.46. The summed E-state index contributed by atoms with van der Waals surface area (Å²) in [4.78, 5) is 12.5. The number of aliphatic hydroxyl groups excluding tert-OH is 1. The van der Waals surface area contributed by atoms with E-state index in [9.17, 15) is 9.90 Å². The molecule has 0 heterocycles. The van der Waals surface area contributed by atoms with Crippen LogP contribution < -0.4 is 0 Å². The van der Waals surface area contributed by atoms with E-state index >= 15 is 0 Å². The summed E-state index contributed by atoms with van der Waals surface area (Å²) in [5.41, 5.74) is -0.0148. The molecule has 5 aliphatic carbocycles. The van der Waals surface area contributed by atoms with Gasteiger partial charge in [0.2, 0.25) is 0 Å². The first-order valence-corrected chi connectivity index (χ1v) is 9.10. The zero-order valence-electron chi connectivity index (χ0n) is 13.3. The summed E-state index contributed by atoms with van der Waals surface area (Å²) in [7, 11) is 0. The average molecular weight is 352 g/mol. The molecule has 0 saturated heterocycles. The molecule has 0 aromatic rings. The zero-order chi connectivity index (χ0) is 14.4. The number of carbonyl (C=O) groups is 1. The van der Waals surface area contributed by atoms with Gasteiger partial charge in [0.25, 0.3) is 0 Å². The maximum Gasteiger partial charge on any atom is 0.162 e. The minimum Gasteiger partial charge on any atom is -0.512 e. The van der Waals surface area contributed by atoms with E-state index in [0.29, 0.717) is 5.76 Å². The largest absolute Gasteiger partial charge is 0.512 e. The Bertz CT molecular complexity index is 427. The predicted molar refractivity (Wildman–Crippen MR) is 82.9 cm³/mol. The van der Waals surface area contributed by atoms with Crippen LogP contribution in [0.1, 0.15) is 70.6 Å². The van der Waals surface area contributed by atoms with E-state index in [2.05, 4.69) is 0 Å². The van der Waals surface area contributed by atoms with Crippen molar-refractivity contribution in [1.29, 1.82) is 0 Å². The van der Waals surface area contributed by atoms with Crippen LogP contribution in [0.5, 0.6) is 0 Å². The predicted octanol–water partition coefficient (Wildman–Crippen LogP) is 4.79. The van der Waals surface area contributed by atoms with Gasteiger partial charge < -0.3 is 5.11 Å². The van der Waals surface area contributed by atoms with Gasteiger partial charge in [-0.25, -0.2) is 0 Å². The molecule has 1 radical (unpaired) electrons. The van der Waals surface area contributed by atoms with Crippen molar-refractivity contribution in [1.82, 2.24) is 0 Å². The molecule has 0 aliphatic heterocycles. The molecule has 0 aromatic heterocycles. The van der Waals surface area contributed by atoms with Gasteiger partial charge in [-0.15, -0.1) is 0 Å². The van der Waals surface area contributed by atoms with E-state index in [-0.39, 0.29) is 34.2 Å². The van der Waals surface area contributed by atoms with Crippen molar-refractivity contribution in [2.24, 2.45) is 29.1 Å². The summed E-state index contributed by atoms with van der Waals surface area (Å²) >= 11 is 0. The molecule has 5 rings (SSSR count). The molecular formula is C19H28CuO2. The van der Waals surface area contributed by atoms with Gasteiger partial charge in [0.15, 0.2) is 5.78 Å². The molecule has 1 N–H and O–H groups in total. The number of hydrogen-bond acceptors (Lipinski definition) is 2. The van der Waals surface area contributed by atoms with Crippen molar-refractivity contribution in [2.75, 3.05) is 0 Å². The Morgan fingerprint density at radius 3 is 1.91 bits per heavy atom. The third-order valence-corrected chi connectivity index (χ3v) is 6.87. The van der Waals surface area contributed by atoms with Crippen LogP contribution in [0.3, 0.4) is 0 Å². The molecule has 0 aromatic carbocycles. The molecule has 0 spiro atoms. The Morgan fingerprint density at radius 2 is 1.41 bits per heavy atom. The van der Waals surface area contributed by atoms with Gasteiger partial charge in [0, 0.05) is 34.5 Å². The fraction of sp³-hybridized carbons (Fsp3) is 0.842. The van der Waals surface area contributed by atoms with E-state index in [1.807, 2.05) is 0 Å². The number of rotatable bonds is 3. The van der Waals surface area contributed by atoms with Crippen LogP contribution in [0, 0.1) is 29.1 Å². The van der Waals surface area contributed by atoms with Crippen LogP contribution >= 0.6 is 0 Å². The Hall–Kier alpha value is -0.271. The quantitative estimate of drug-likeness (QED) is 0.451.